The topological polar surface area (TPSA) is 12.0 Å². The van der Waals surface area contributed by atoms with E-state index in [1.165, 1.54) is 4.88 Å². The number of thiophene rings is 1. The van der Waals surface area contributed by atoms with Gasteiger partial charge in [-0.15, -0.1) is 22.9 Å². The third kappa shape index (κ3) is 4.78. The van der Waals surface area contributed by atoms with Crippen LogP contribution >= 0.6 is 38.9 Å². The van der Waals surface area contributed by atoms with Crippen LogP contribution in [0, 0.1) is 0 Å². The molecule has 0 bridgehead atoms. The Morgan fingerprint density at radius 1 is 1.57 bits per heavy atom. The monoisotopic (exact) mass is 295 g/mol. The molecule has 0 aliphatic carbocycles. The van der Waals surface area contributed by atoms with Crippen molar-refractivity contribution in [2.45, 2.75) is 38.2 Å². The molecular formula is C10H15BrClNS. The Hall–Kier alpha value is 0.430. The van der Waals surface area contributed by atoms with Gasteiger partial charge < -0.3 is 5.32 Å². The second-order valence-corrected chi connectivity index (χ2v) is 6.19. The maximum absolute atomic E-state index is 5.91. The number of rotatable bonds is 5. The summed E-state index contributed by atoms with van der Waals surface area (Å²) >= 11 is 11.1. The van der Waals surface area contributed by atoms with Gasteiger partial charge in [0.05, 0.1) is 0 Å². The van der Waals surface area contributed by atoms with E-state index < -0.39 is 0 Å². The lowest BCUT2D eigenvalue weighted by Crippen LogP contribution is -2.27. The summed E-state index contributed by atoms with van der Waals surface area (Å²) in [6.07, 6.45) is 1.01. The molecule has 0 amide bonds. The highest BCUT2D eigenvalue weighted by molar-refractivity contribution is 9.10. The molecule has 0 aliphatic heterocycles. The first-order valence-electron chi connectivity index (χ1n) is 4.68. The number of nitrogens with one attached hydrogen (secondary N) is 1. The zero-order chi connectivity index (χ0) is 10.6. The van der Waals surface area contributed by atoms with Gasteiger partial charge >= 0.3 is 0 Å². The lowest BCUT2D eigenvalue weighted by atomic mass is 10.2. The SMILES string of the molecule is CC(Cl)CC(C)NCc1cc(Br)cs1. The molecule has 1 aromatic rings. The second-order valence-electron chi connectivity index (χ2n) is 3.53. The first kappa shape index (κ1) is 12.5. The molecule has 0 aliphatic rings. The molecule has 0 saturated carbocycles. The van der Waals surface area contributed by atoms with Gasteiger partial charge in [-0.25, -0.2) is 0 Å². The molecule has 1 heterocycles. The van der Waals surface area contributed by atoms with E-state index in [1.807, 2.05) is 6.92 Å². The summed E-state index contributed by atoms with van der Waals surface area (Å²) in [6, 6.07) is 2.62. The zero-order valence-electron chi connectivity index (χ0n) is 8.39. The first-order chi connectivity index (χ1) is 6.58. The van der Waals surface area contributed by atoms with Gasteiger partial charge in [-0.2, -0.15) is 0 Å². The van der Waals surface area contributed by atoms with E-state index in [4.69, 9.17) is 11.6 Å². The Kier molecular flexibility index (Phi) is 5.45. The molecule has 80 valence electrons. The summed E-state index contributed by atoms with van der Waals surface area (Å²) in [5.41, 5.74) is 0. The highest BCUT2D eigenvalue weighted by Gasteiger charge is 2.06. The highest BCUT2D eigenvalue weighted by Crippen LogP contribution is 2.19. The van der Waals surface area contributed by atoms with Crippen LogP contribution in [0.15, 0.2) is 15.9 Å². The van der Waals surface area contributed by atoms with Crippen molar-refractivity contribution in [1.82, 2.24) is 5.32 Å². The Morgan fingerprint density at radius 3 is 2.79 bits per heavy atom. The summed E-state index contributed by atoms with van der Waals surface area (Å²) in [5.74, 6) is 0. The summed E-state index contributed by atoms with van der Waals surface area (Å²) in [6.45, 7) is 5.13. The number of hydrogen-bond acceptors (Lipinski definition) is 2. The fourth-order valence-electron chi connectivity index (χ4n) is 1.29. The predicted molar refractivity (Wildman–Crippen MR) is 68.3 cm³/mol. The van der Waals surface area contributed by atoms with Crippen molar-refractivity contribution in [3.05, 3.63) is 20.8 Å². The van der Waals surface area contributed by atoms with Crippen molar-refractivity contribution < 1.29 is 0 Å². The van der Waals surface area contributed by atoms with Crippen molar-refractivity contribution in [2.24, 2.45) is 0 Å². The van der Waals surface area contributed by atoms with Crippen LogP contribution in [0.1, 0.15) is 25.1 Å². The normalized spacial score (nSPS) is 15.4. The summed E-state index contributed by atoms with van der Waals surface area (Å²) in [7, 11) is 0. The average molecular weight is 297 g/mol. The summed E-state index contributed by atoms with van der Waals surface area (Å²) in [5, 5.41) is 5.79. The summed E-state index contributed by atoms with van der Waals surface area (Å²) in [4.78, 5) is 1.35. The standard InChI is InChI=1S/C10H15BrClNS/c1-7(12)3-8(2)13-5-10-4-9(11)6-14-10/h4,6-8,13H,3,5H2,1-2H3. The molecule has 2 atom stereocenters. The second kappa shape index (κ2) is 6.11. The number of alkyl halides is 1. The van der Waals surface area contributed by atoms with Crippen LogP contribution < -0.4 is 5.32 Å². The molecular weight excluding hydrogens is 282 g/mol. The van der Waals surface area contributed by atoms with Gasteiger partial charge in [-0.3, -0.25) is 0 Å². The number of hydrogen-bond donors (Lipinski definition) is 1. The molecule has 2 unspecified atom stereocenters. The zero-order valence-corrected chi connectivity index (χ0v) is 11.5. The molecule has 14 heavy (non-hydrogen) atoms. The minimum Gasteiger partial charge on any atom is -0.309 e. The van der Waals surface area contributed by atoms with Gasteiger partial charge in [0.25, 0.3) is 0 Å². The van der Waals surface area contributed by atoms with Crippen molar-refractivity contribution >= 4 is 38.9 Å². The maximum atomic E-state index is 5.91. The van der Waals surface area contributed by atoms with E-state index in [0.29, 0.717) is 6.04 Å². The van der Waals surface area contributed by atoms with E-state index in [1.54, 1.807) is 11.3 Å². The van der Waals surface area contributed by atoms with Crippen molar-refractivity contribution in [3.8, 4) is 0 Å². The fraction of sp³-hybridized carbons (Fsp3) is 0.600. The molecule has 1 aromatic heterocycles. The third-order valence-corrected chi connectivity index (χ3v) is 3.80. The van der Waals surface area contributed by atoms with Gasteiger partial charge in [0, 0.05) is 32.7 Å². The summed E-state index contributed by atoms with van der Waals surface area (Å²) < 4.78 is 1.16. The van der Waals surface area contributed by atoms with E-state index in [0.717, 1.165) is 17.4 Å². The molecule has 0 fully saturated rings. The van der Waals surface area contributed by atoms with Gasteiger partial charge in [0.2, 0.25) is 0 Å². The van der Waals surface area contributed by atoms with Crippen molar-refractivity contribution in [1.29, 1.82) is 0 Å². The maximum Gasteiger partial charge on any atom is 0.0322 e. The molecule has 0 radical (unpaired) electrons. The van der Waals surface area contributed by atoms with E-state index in [2.05, 4.69) is 39.6 Å². The number of halogens is 2. The minimum absolute atomic E-state index is 0.243. The van der Waals surface area contributed by atoms with Gasteiger partial charge in [0.15, 0.2) is 0 Å². The lowest BCUT2D eigenvalue weighted by Gasteiger charge is -2.13. The van der Waals surface area contributed by atoms with Crippen LogP contribution in [-0.4, -0.2) is 11.4 Å². The molecule has 1 nitrogen and oxygen atoms in total. The minimum atomic E-state index is 0.243. The predicted octanol–water partition coefficient (Wildman–Crippen LogP) is 4.01. The Bertz CT molecular complexity index is 275. The van der Waals surface area contributed by atoms with Gasteiger partial charge in [-0.05, 0) is 42.3 Å². The van der Waals surface area contributed by atoms with E-state index in [9.17, 15) is 0 Å². The smallest absolute Gasteiger partial charge is 0.0322 e. The van der Waals surface area contributed by atoms with E-state index >= 15 is 0 Å². The molecule has 1 N–H and O–H groups in total. The van der Waals surface area contributed by atoms with Crippen LogP contribution in [0.5, 0.6) is 0 Å². The van der Waals surface area contributed by atoms with Crippen LogP contribution in [0.25, 0.3) is 0 Å². The quantitative estimate of drug-likeness (QED) is 0.810. The van der Waals surface area contributed by atoms with Crippen molar-refractivity contribution in [3.63, 3.8) is 0 Å². The Morgan fingerprint density at radius 2 is 2.29 bits per heavy atom. The van der Waals surface area contributed by atoms with Crippen molar-refractivity contribution in [2.75, 3.05) is 0 Å². The van der Waals surface area contributed by atoms with Crippen LogP contribution in [-0.2, 0) is 6.54 Å². The molecule has 1 rings (SSSR count). The molecule has 0 saturated heterocycles. The largest absolute Gasteiger partial charge is 0.309 e. The molecule has 4 heteroatoms. The third-order valence-electron chi connectivity index (χ3n) is 1.92. The Labute approximate surface area is 103 Å². The van der Waals surface area contributed by atoms with Gasteiger partial charge in [-0.1, -0.05) is 0 Å². The average Bonchev–Trinajstić information content (AvgIpc) is 2.47. The Balaban J connectivity index is 2.26. The van der Waals surface area contributed by atoms with Crippen LogP contribution in [0.2, 0.25) is 0 Å². The molecule has 0 aromatic carbocycles. The lowest BCUT2D eigenvalue weighted by molar-refractivity contribution is 0.514. The first-order valence-corrected chi connectivity index (χ1v) is 6.79. The van der Waals surface area contributed by atoms with Crippen LogP contribution in [0.3, 0.4) is 0 Å². The van der Waals surface area contributed by atoms with Gasteiger partial charge in [0.1, 0.15) is 0 Å². The fourth-order valence-corrected chi connectivity index (χ4v) is 2.96. The highest BCUT2D eigenvalue weighted by atomic mass is 79.9. The van der Waals surface area contributed by atoms with Crippen LogP contribution in [0.4, 0.5) is 0 Å². The molecule has 0 spiro atoms. The van der Waals surface area contributed by atoms with E-state index in [-0.39, 0.29) is 5.38 Å².